The molecule has 1 aromatic rings. The van der Waals surface area contributed by atoms with E-state index < -0.39 is 8.32 Å². The molecule has 1 aliphatic rings. The van der Waals surface area contributed by atoms with Crippen molar-refractivity contribution in [2.45, 2.75) is 52.2 Å². The number of benzene rings is 1. The number of rotatable bonds is 2. The molecule has 0 unspecified atom stereocenters. The van der Waals surface area contributed by atoms with Crippen molar-refractivity contribution in [1.29, 1.82) is 0 Å². The first-order valence-corrected chi connectivity index (χ1v) is 9.59. The lowest BCUT2D eigenvalue weighted by Gasteiger charge is -2.37. The summed E-state index contributed by atoms with van der Waals surface area (Å²) >= 11 is 0. The summed E-state index contributed by atoms with van der Waals surface area (Å²) in [7, 11) is -1.74. The smallest absolute Gasteiger partial charge is 0.250 e. The zero-order valence-electron chi connectivity index (χ0n) is 12.4. The third-order valence-corrected chi connectivity index (χ3v) is 8.53. The van der Waals surface area contributed by atoms with E-state index in [2.05, 4.69) is 65.1 Å². The van der Waals surface area contributed by atoms with Crippen LogP contribution < -0.4 is 4.43 Å². The van der Waals surface area contributed by atoms with Gasteiger partial charge in [0, 0.05) is 5.56 Å². The summed E-state index contributed by atoms with van der Waals surface area (Å²) in [6.45, 7) is 13.6. The molecule has 0 aromatic heterocycles. The highest BCUT2D eigenvalue weighted by Gasteiger charge is 2.39. The fourth-order valence-electron chi connectivity index (χ4n) is 2.02. The van der Waals surface area contributed by atoms with Gasteiger partial charge in [0.2, 0.25) is 0 Å². The topological polar surface area (TPSA) is 9.23 Å². The summed E-state index contributed by atoms with van der Waals surface area (Å²) in [6.07, 6.45) is 3.35. The van der Waals surface area contributed by atoms with Crippen LogP contribution in [-0.2, 0) is 6.42 Å². The number of hydrogen-bond acceptors (Lipinski definition) is 1. The second-order valence-corrected chi connectivity index (χ2v) is 11.6. The van der Waals surface area contributed by atoms with Crippen LogP contribution in [0.5, 0.6) is 5.75 Å². The van der Waals surface area contributed by atoms with Crippen LogP contribution in [0.4, 0.5) is 0 Å². The van der Waals surface area contributed by atoms with Crippen LogP contribution in [0.3, 0.4) is 0 Å². The molecule has 1 aliphatic carbocycles. The van der Waals surface area contributed by atoms with Crippen molar-refractivity contribution in [1.82, 2.24) is 0 Å². The van der Waals surface area contributed by atoms with Crippen LogP contribution in [0.1, 0.15) is 38.8 Å². The molecule has 0 fully saturated rings. The van der Waals surface area contributed by atoms with Gasteiger partial charge in [-0.1, -0.05) is 44.6 Å². The Kier molecular flexibility index (Phi) is 3.18. The summed E-state index contributed by atoms with van der Waals surface area (Å²) in [5.74, 6) is 1.08. The highest BCUT2D eigenvalue weighted by Crippen LogP contribution is 2.40. The van der Waals surface area contributed by atoms with Crippen LogP contribution in [0, 0.1) is 0 Å². The fourth-order valence-corrected chi connectivity index (χ4v) is 3.06. The van der Waals surface area contributed by atoms with Crippen LogP contribution in [0.2, 0.25) is 18.1 Å². The molecular formula is C16H24OSi. The van der Waals surface area contributed by atoms with Crippen LogP contribution in [-0.4, -0.2) is 8.32 Å². The van der Waals surface area contributed by atoms with Crippen LogP contribution >= 0.6 is 0 Å². The average molecular weight is 260 g/mol. The molecule has 2 rings (SSSR count). The Morgan fingerprint density at radius 3 is 2.44 bits per heavy atom. The Morgan fingerprint density at radius 1 is 1.17 bits per heavy atom. The first kappa shape index (κ1) is 13.4. The van der Waals surface area contributed by atoms with Gasteiger partial charge in [0.25, 0.3) is 8.32 Å². The molecule has 0 bridgehead atoms. The van der Waals surface area contributed by atoms with Crippen LogP contribution in [0.15, 0.2) is 23.8 Å². The van der Waals surface area contributed by atoms with E-state index in [0.29, 0.717) is 0 Å². The van der Waals surface area contributed by atoms with E-state index in [4.69, 9.17) is 4.43 Å². The standard InChI is InChI=1S/C16H24OSi/c1-12-10-13-8-7-9-15(14(13)11-12)17-18(5,6)16(2,3)4/h7-9,11H,10H2,1-6H3. The molecule has 0 amide bonds. The maximum absolute atomic E-state index is 6.45. The third kappa shape index (κ3) is 2.39. The summed E-state index contributed by atoms with van der Waals surface area (Å²) in [6, 6.07) is 6.45. The Balaban J connectivity index is 2.35. The Morgan fingerprint density at radius 2 is 1.83 bits per heavy atom. The lowest BCUT2D eigenvalue weighted by molar-refractivity contribution is 0.491. The second-order valence-electron chi connectivity index (χ2n) is 6.86. The normalized spacial score (nSPS) is 15.3. The van der Waals surface area contributed by atoms with Crippen molar-refractivity contribution in [3.8, 4) is 5.75 Å². The maximum atomic E-state index is 6.45. The van der Waals surface area contributed by atoms with Crippen molar-refractivity contribution < 1.29 is 4.43 Å². The minimum Gasteiger partial charge on any atom is -0.543 e. The molecule has 0 radical (unpaired) electrons. The van der Waals surface area contributed by atoms with Gasteiger partial charge in [-0.2, -0.15) is 0 Å². The van der Waals surface area contributed by atoms with E-state index in [1.54, 1.807) is 0 Å². The van der Waals surface area contributed by atoms with Gasteiger partial charge in [-0.15, -0.1) is 0 Å². The molecular weight excluding hydrogens is 236 g/mol. The number of hydrogen-bond donors (Lipinski definition) is 0. The maximum Gasteiger partial charge on any atom is 0.250 e. The van der Waals surface area contributed by atoms with Gasteiger partial charge in [-0.3, -0.25) is 0 Å². The van der Waals surface area contributed by atoms with Crippen LogP contribution in [0.25, 0.3) is 6.08 Å². The monoisotopic (exact) mass is 260 g/mol. The molecule has 0 heterocycles. The van der Waals surface area contributed by atoms with E-state index in [0.717, 1.165) is 12.2 Å². The molecule has 0 saturated carbocycles. The fraction of sp³-hybridized carbons (Fsp3) is 0.500. The first-order valence-electron chi connectivity index (χ1n) is 6.69. The lowest BCUT2D eigenvalue weighted by atomic mass is 10.1. The predicted molar refractivity (Wildman–Crippen MR) is 81.6 cm³/mol. The Hall–Kier alpha value is -1.02. The summed E-state index contributed by atoms with van der Waals surface area (Å²) < 4.78 is 6.45. The minimum absolute atomic E-state index is 0.243. The second kappa shape index (κ2) is 4.27. The van der Waals surface area contributed by atoms with Gasteiger partial charge < -0.3 is 4.43 Å². The Labute approximate surface area is 112 Å². The first-order chi connectivity index (χ1) is 8.21. The van der Waals surface area contributed by atoms with E-state index >= 15 is 0 Å². The zero-order valence-corrected chi connectivity index (χ0v) is 13.4. The van der Waals surface area contributed by atoms with Gasteiger partial charge in [-0.25, -0.2) is 0 Å². The summed E-state index contributed by atoms with van der Waals surface area (Å²) in [5, 5.41) is 0.243. The minimum atomic E-state index is -1.74. The molecule has 0 N–H and O–H groups in total. The quantitative estimate of drug-likeness (QED) is 0.678. The van der Waals surface area contributed by atoms with Crippen molar-refractivity contribution in [2.24, 2.45) is 0 Å². The molecule has 0 atom stereocenters. The van der Waals surface area contributed by atoms with Crippen molar-refractivity contribution in [3.05, 3.63) is 34.9 Å². The molecule has 1 aromatic carbocycles. The van der Waals surface area contributed by atoms with Crippen molar-refractivity contribution in [2.75, 3.05) is 0 Å². The van der Waals surface area contributed by atoms with Gasteiger partial charge in [0.05, 0.1) is 0 Å². The number of allylic oxidation sites excluding steroid dienone is 1. The molecule has 2 heteroatoms. The van der Waals surface area contributed by atoms with Gasteiger partial charge >= 0.3 is 0 Å². The molecule has 98 valence electrons. The highest BCUT2D eigenvalue weighted by atomic mass is 28.4. The molecule has 0 spiro atoms. The molecule has 18 heavy (non-hydrogen) atoms. The molecule has 0 saturated heterocycles. The third-order valence-electron chi connectivity index (χ3n) is 4.19. The predicted octanol–water partition coefficient (Wildman–Crippen LogP) is 5.03. The van der Waals surface area contributed by atoms with Crippen molar-refractivity contribution >= 4 is 14.4 Å². The van der Waals surface area contributed by atoms with E-state index in [1.165, 1.54) is 16.7 Å². The average Bonchev–Trinajstić information content (AvgIpc) is 2.57. The summed E-state index contributed by atoms with van der Waals surface area (Å²) in [5.41, 5.74) is 4.14. The van der Waals surface area contributed by atoms with Gasteiger partial charge in [-0.05, 0) is 43.1 Å². The largest absolute Gasteiger partial charge is 0.543 e. The SMILES string of the molecule is CC1=Cc2c(cccc2O[Si](C)(C)C(C)(C)C)C1. The van der Waals surface area contributed by atoms with E-state index in [9.17, 15) is 0 Å². The molecule has 1 nitrogen and oxygen atoms in total. The zero-order chi connectivity index (χ0) is 13.6. The van der Waals surface area contributed by atoms with Crippen molar-refractivity contribution in [3.63, 3.8) is 0 Å². The van der Waals surface area contributed by atoms with E-state index in [1.807, 2.05) is 0 Å². The van der Waals surface area contributed by atoms with E-state index in [-0.39, 0.29) is 5.04 Å². The summed E-state index contributed by atoms with van der Waals surface area (Å²) in [4.78, 5) is 0. The lowest BCUT2D eigenvalue weighted by Crippen LogP contribution is -2.44. The van der Waals surface area contributed by atoms with Gasteiger partial charge in [0.1, 0.15) is 5.75 Å². The number of fused-ring (bicyclic) bond motifs is 1. The van der Waals surface area contributed by atoms with Gasteiger partial charge in [0.15, 0.2) is 0 Å². The highest BCUT2D eigenvalue weighted by molar-refractivity contribution is 6.74. The Bertz CT molecular complexity index is 492. The molecule has 0 aliphatic heterocycles.